The summed E-state index contributed by atoms with van der Waals surface area (Å²) in [6.45, 7) is 4.37. The lowest BCUT2D eigenvalue weighted by Gasteiger charge is -2.09. The van der Waals surface area contributed by atoms with E-state index in [4.69, 9.17) is 12.2 Å². The Morgan fingerprint density at radius 3 is 2.84 bits per heavy atom. The van der Waals surface area contributed by atoms with Gasteiger partial charge in [-0.2, -0.15) is 0 Å². The van der Waals surface area contributed by atoms with Crippen molar-refractivity contribution in [3.8, 4) is 5.69 Å². The second kappa shape index (κ2) is 4.63. The number of fused-ring (bicyclic) bond motifs is 1. The van der Waals surface area contributed by atoms with Crippen molar-refractivity contribution in [2.45, 2.75) is 19.8 Å². The van der Waals surface area contributed by atoms with Crippen molar-refractivity contribution in [3.63, 3.8) is 0 Å². The van der Waals surface area contributed by atoms with Gasteiger partial charge >= 0.3 is 0 Å². The van der Waals surface area contributed by atoms with E-state index in [2.05, 4.69) is 48.1 Å². The van der Waals surface area contributed by atoms with Crippen molar-refractivity contribution >= 4 is 23.4 Å². The van der Waals surface area contributed by atoms with E-state index in [1.807, 2.05) is 16.7 Å². The van der Waals surface area contributed by atoms with E-state index in [1.54, 1.807) is 6.20 Å². The molecule has 0 saturated heterocycles. The average molecular weight is 269 g/mol. The lowest BCUT2D eigenvalue weighted by molar-refractivity contribution is 0.862. The van der Waals surface area contributed by atoms with Crippen molar-refractivity contribution in [2.75, 3.05) is 0 Å². The van der Waals surface area contributed by atoms with E-state index in [-0.39, 0.29) is 0 Å². The molecule has 96 valence electrons. The van der Waals surface area contributed by atoms with Crippen molar-refractivity contribution in [1.82, 2.24) is 14.5 Å². The molecule has 0 fully saturated rings. The largest absolute Gasteiger partial charge is 0.329 e. The fourth-order valence-electron chi connectivity index (χ4n) is 2.20. The fourth-order valence-corrected chi connectivity index (χ4v) is 2.50. The summed E-state index contributed by atoms with van der Waals surface area (Å²) < 4.78 is 2.66. The number of nitrogens with zero attached hydrogens (tertiary/aromatic N) is 2. The van der Waals surface area contributed by atoms with Crippen LogP contribution in [0.5, 0.6) is 0 Å². The van der Waals surface area contributed by atoms with Crippen LogP contribution in [0.2, 0.25) is 0 Å². The standard InChI is InChI=1S/C15H15N3S/c1-10(2)11-5-3-6-12(9-11)18-14-13(17-15(18)19)7-4-8-16-14/h3-10H,1-2H3,(H,17,19). The van der Waals surface area contributed by atoms with Gasteiger partial charge in [0.05, 0.1) is 11.2 Å². The third-order valence-electron chi connectivity index (χ3n) is 3.24. The summed E-state index contributed by atoms with van der Waals surface area (Å²) >= 11 is 5.41. The molecule has 0 spiro atoms. The molecule has 0 aliphatic rings. The number of aromatic amines is 1. The van der Waals surface area contributed by atoms with Gasteiger partial charge in [-0.05, 0) is 48.0 Å². The van der Waals surface area contributed by atoms with Gasteiger partial charge in [0.15, 0.2) is 10.4 Å². The monoisotopic (exact) mass is 269 g/mol. The Morgan fingerprint density at radius 1 is 1.21 bits per heavy atom. The van der Waals surface area contributed by atoms with Crippen LogP contribution in [0.25, 0.3) is 16.9 Å². The summed E-state index contributed by atoms with van der Waals surface area (Å²) in [6, 6.07) is 12.3. The van der Waals surface area contributed by atoms with Crippen LogP contribution in [-0.4, -0.2) is 14.5 Å². The predicted octanol–water partition coefficient (Wildman–Crippen LogP) is 4.21. The molecular weight excluding hydrogens is 254 g/mol. The third kappa shape index (κ3) is 2.08. The summed E-state index contributed by atoms with van der Waals surface area (Å²) in [6.07, 6.45) is 1.79. The van der Waals surface area contributed by atoms with Crippen LogP contribution in [0.15, 0.2) is 42.6 Å². The minimum absolute atomic E-state index is 0.493. The van der Waals surface area contributed by atoms with Crippen molar-refractivity contribution in [1.29, 1.82) is 0 Å². The molecule has 19 heavy (non-hydrogen) atoms. The molecule has 1 N–H and O–H groups in total. The van der Waals surface area contributed by atoms with Gasteiger partial charge in [-0.3, -0.25) is 4.57 Å². The number of H-pyrrole nitrogens is 1. The molecule has 3 aromatic rings. The van der Waals surface area contributed by atoms with E-state index in [0.717, 1.165) is 16.9 Å². The SMILES string of the molecule is CC(C)c1cccc(-n2c(=S)[nH]c3cccnc32)c1. The van der Waals surface area contributed by atoms with Crippen molar-refractivity contribution in [3.05, 3.63) is 52.9 Å². The number of nitrogens with one attached hydrogen (secondary N) is 1. The van der Waals surface area contributed by atoms with Gasteiger partial charge in [0.25, 0.3) is 0 Å². The number of pyridine rings is 1. The molecule has 0 bridgehead atoms. The highest BCUT2D eigenvalue weighted by atomic mass is 32.1. The number of benzene rings is 1. The highest BCUT2D eigenvalue weighted by molar-refractivity contribution is 7.71. The van der Waals surface area contributed by atoms with Crippen LogP contribution < -0.4 is 0 Å². The maximum Gasteiger partial charge on any atom is 0.183 e. The normalized spacial score (nSPS) is 11.3. The molecule has 0 saturated carbocycles. The Morgan fingerprint density at radius 2 is 2.05 bits per heavy atom. The quantitative estimate of drug-likeness (QED) is 0.707. The van der Waals surface area contributed by atoms with E-state index >= 15 is 0 Å². The van der Waals surface area contributed by atoms with Crippen LogP contribution in [0.4, 0.5) is 0 Å². The molecule has 0 amide bonds. The van der Waals surface area contributed by atoms with E-state index < -0.39 is 0 Å². The zero-order chi connectivity index (χ0) is 13.4. The zero-order valence-corrected chi connectivity index (χ0v) is 11.7. The molecule has 0 atom stereocenters. The summed E-state index contributed by atoms with van der Waals surface area (Å²) in [7, 11) is 0. The first kappa shape index (κ1) is 12.1. The molecule has 0 aliphatic heterocycles. The lowest BCUT2D eigenvalue weighted by atomic mass is 10.0. The molecule has 2 aromatic heterocycles. The van der Waals surface area contributed by atoms with Crippen LogP contribution in [-0.2, 0) is 0 Å². The molecule has 4 heteroatoms. The topological polar surface area (TPSA) is 33.6 Å². The van der Waals surface area contributed by atoms with Crippen molar-refractivity contribution in [2.24, 2.45) is 0 Å². The fraction of sp³-hybridized carbons (Fsp3) is 0.200. The first-order valence-electron chi connectivity index (χ1n) is 6.33. The Labute approximate surface area is 116 Å². The van der Waals surface area contributed by atoms with Gasteiger partial charge in [-0.1, -0.05) is 26.0 Å². The zero-order valence-electron chi connectivity index (χ0n) is 10.9. The first-order valence-corrected chi connectivity index (χ1v) is 6.74. The number of hydrogen-bond acceptors (Lipinski definition) is 2. The number of rotatable bonds is 2. The second-order valence-electron chi connectivity index (χ2n) is 4.89. The smallest absolute Gasteiger partial charge is 0.183 e. The summed E-state index contributed by atoms with van der Waals surface area (Å²) in [5, 5.41) is 0. The highest BCUT2D eigenvalue weighted by Gasteiger charge is 2.08. The summed E-state index contributed by atoms with van der Waals surface area (Å²) in [5.74, 6) is 0.493. The number of hydrogen-bond donors (Lipinski definition) is 1. The van der Waals surface area contributed by atoms with Gasteiger partial charge in [0, 0.05) is 6.20 Å². The summed E-state index contributed by atoms with van der Waals surface area (Å²) in [4.78, 5) is 7.61. The molecule has 2 heterocycles. The molecule has 3 rings (SSSR count). The molecule has 3 nitrogen and oxygen atoms in total. The predicted molar refractivity (Wildman–Crippen MR) is 80.3 cm³/mol. The maximum atomic E-state index is 5.41. The van der Waals surface area contributed by atoms with Crippen LogP contribution in [0, 0.1) is 4.77 Å². The molecule has 1 aromatic carbocycles. The van der Waals surface area contributed by atoms with Gasteiger partial charge in [-0.25, -0.2) is 4.98 Å². The number of aromatic nitrogens is 3. The Hall–Kier alpha value is -1.94. The van der Waals surface area contributed by atoms with Crippen LogP contribution in [0.3, 0.4) is 0 Å². The van der Waals surface area contributed by atoms with Crippen molar-refractivity contribution < 1.29 is 0 Å². The lowest BCUT2D eigenvalue weighted by Crippen LogP contribution is -1.97. The van der Waals surface area contributed by atoms with Crippen LogP contribution >= 0.6 is 12.2 Å². The molecule has 0 unspecified atom stereocenters. The van der Waals surface area contributed by atoms with E-state index in [0.29, 0.717) is 10.7 Å². The molecular formula is C15H15N3S. The van der Waals surface area contributed by atoms with Gasteiger partial charge < -0.3 is 4.98 Å². The minimum Gasteiger partial charge on any atom is -0.329 e. The van der Waals surface area contributed by atoms with Gasteiger partial charge in [-0.15, -0.1) is 0 Å². The van der Waals surface area contributed by atoms with Gasteiger partial charge in [0.1, 0.15) is 0 Å². The number of imidazole rings is 1. The van der Waals surface area contributed by atoms with Crippen LogP contribution in [0.1, 0.15) is 25.3 Å². The first-order chi connectivity index (χ1) is 9.16. The van der Waals surface area contributed by atoms with Gasteiger partial charge in [0.2, 0.25) is 0 Å². The second-order valence-corrected chi connectivity index (χ2v) is 5.28. The third-order valence-corrected chi connectivity index (χ3v) is 3.52. The Kier molecular flexibility index (Phi) is 2.95. The Balaban J connectivity index is 2.27. The highest BCUT2D eigenvalue weighted by Crippen LogP contribution is 2.21. The van der Waals surface area contributed by atoms with E-state index in [1.165, 1.54) is 5.56 Å². The van der Waals surface area contributed by atoms with E-state index in [9.17, 15) is 0 Å². The minimum atomic E-state index is 0.493. The summed E-state index contributed by atoms with van der Waals surface area (Å²) in [5.41, 5.74) is 4.18. The Bertz CT molecular complexity index is 783. The average Bonchev–Trinajstić information content (AvgIpc) is 2.74. The molecule has 0 radical (unpaired) electrons. The molecule has 0 aliphatic carbocycles. The maximum absolute atomic E-state index is 5.41.